The van der Waals surface area contributed by atoms with Crippen molar-refractivity contribution >= 4 is 11.5 Å². The van der Waals surface area contributed by atoms with E-state index in [-0.39, 0.29) is 5.54 Å². The van der Waals surface area contributed by atoms with Gasteiger partial charge in [0.1, 0.15) is 5.82 Å². The number of nitrogens with two attached hydrogens (primary N) is 1. The van der Waals surface area contributed by atoms with Crippen LogP contribution < -0.4 is 15.8 Å². The lowest BCUT2D eigenvalue weighted by molar-refractivity contribution is 0.290. The number of rotatable bonds is 8. The topological polar surface area (TPSA) is 60.2 Å². The number of hydrogen-bond acceptors (Lipinski definition) is 4. The summed E-state index contributed by atoms with van der Waals surface area (Å²) in [5.41, 5.74) is 6.67. The van der Waals surface area contributed by atoms with Crippen molar-refractivity contribution in [2.24, 2.45) is 5.92 Å². The second-order valence-electron chi connectivity index (χ2n) is 5.81. The molecule has 1 saturated carbocycles. The molecule has 112 valence electrons. The van der Waals surface area contributed by atoms with Crippen LogP contribution in [0.5, 0.6) is 5.88 Å². The van der Waals surface area contributed by atoms with E-state index < -0.39 is 0 Å². The van der Waals surface area contributed by atoms with Crippen LogP contribution in [0.1, 0.15) is 52.9 Å². The minimum atomic E-state index is 0.108. The number of anilines is 2. The van der Waals surface area contributed by atoms with Crippen molar-refractivity contribution in [3.8, 4) is 5.88 Å². The summed E-state index contributed by atoms with van der Waals surface area (Å²) < 4.78 is 5.74. The van der Waals surface area contributed by atoms with E-state index in [1.165, 1.54) is 12.8 Å². The molecule has 0 atom stereocenters. The van der Waals surface area contributed by atoms with Crippen LogP contribution >= 0.6 is 0 Å². The van der Waals surface area contributed by atoms with Gasteiger partial charge in [-0.2, -0.15) is 4.98 Å². The second-order valence-corrected chi connectivity index (χ2v) is 5.81. The lowest BCUT2D eigenvalue weighted by Gasteiger charge is -2.32. The molecule has 1 aliphatic rings. The minimum Gasteiger partial charge on any atom is -0.476 e. The van der Waals surface area contributed by atoms with Crippen molar-refractivity contribution in [1.82, 2.24) is 4.98 Å². The molecule has 1 heterocycles. The second kappa shape index (κ2) is 6.33. The summed E-state index contributed by atoms with van der Waals surface area (Å²) in [6, 6.07) is 3.82. The van der Waals surface area contributed by atoms with Crippen LogP contribution in [-0.4, -0.2) is 17.1 Å². The van der Waals surface area contributed by atoms with Crippen LogP contribution in [0.4, 0.5) is 11.5 Å². The lowest BCUT2D eigenvalue weighted by atomic mass is 9.90. The molecule has 0 aromatic carbocycles. The van der Waals surface area contributed by atoms with E-state index in [2.05, 4.69) is 31.1 Å². The Balaban J connectivity index is 2.08. The average Bonchev–Trinajstić information content (AvgIpc) is 3.29. The monoisotopic (exact) mass is 277 g/mol. The Morgan fingerprint density at radius 3 is 2.45 bits per heavy atom. The van der Waals surface area contributed by atoms with Gasteiger partial charge in [-0.25, -0.2) is 0 Å². The molecule has 4 nitrogen and oxygen atoms in total. The van der Waals surface area contributed by atoms with Gasteiger partial charge in [0.15, 0.2) is 0 Å². The van der Waals surface area contributed by atoms with Gasteiger partial charge in [-0.3, -0.25) is 0 Å². The van der Waals surface area contributed by atoms with E-state index in [0.29, 0.717) is 17.5 Å². The van der Waals surface area contributed by atoms with Crippen molar-refractivity contribution in [3.63, 3.8) is 0 Å². The van der Waals surface area contributed by atoms with Crippen LogP contribution in [0, 0.1) is 5.92 Å². The third kappa shape index (κ3) is 3.56. The fourth-order valence-corrected chi connectivity index (χ4v) is 2.40. The first-order valence-corrected chi connectivity index (χ1v) is 7.80. The highest BCUT2D eigenvalue weighted by molar-refractivity contribution is 5.54. The van der Waals surface area contributed by atoms with Crippen molar-refractivity contribution in [2.45, 2.75) is 58.4 Å². The largest absolute Gasteiger partial charge is 0.476 e. The summed E-state index contributed by atoms with van der Waals surface area (Å²) in [5.74, 6) is 2.13. The summed E-state index contributed by atoms with van der Waals surface area (Å²) in [6.45, 7) is 7.37. The van der Waals surface area contributed by atoms with E-state index in [0.717, 1.165) is 31.7 Å². The first-order chi connectivity index (χ1) is 9.62. The van der Waals surface area contributed by atoms with E-state index in [1.807, 2.05) is 12.1 Å². The maximum atomic E-state index is 5.94. The SMILES string of the molecule is CCC(CC)(CC)Nc1ccc(N)c(OCC2CC2)n1. The summed E-state index contributed by atoms with van der Waals surface area (Å²) >= 11 is 0. The van der Waals surface area contributed by atoms with Gasteiger partial charge >= 0.3 is 0 Å². The first-order valence-electron chi connectivity index (χ1n) is 7.80. The fraction of sp³-hybridized carbons (Fsp3) is 0.688. The van der Waals surface area contributed by atoms with Crippen LogP contribution in [-0.2, 0) is 0 Å². The molecular weight excluding hydrogens is 250 g/mol. The number of nitrogens with one attached hydrogen (secondary N) is 1. The molecule has 2 rings (SSSR count). The molecule has 0 unspecified atom stereocenters. The summed E-state index contributed by atoms with van der Waals surface area (Å²) in [6.07, 6.45) is 5.75. The van der Waals surface area contributed by atoms with Crippen molar-refractivity contribution in [1.29, 1.82) is 0 Å². The van der Waals surface area contributed by atoms with Crippen LogP contribution in [0.25, 0.3) is 0 Å². The van der Waals surface area contributed by atoms with Crippen molar-refractivity contribution in [2.75, 3.05) is 17.7 Å². The molecule has 1 aromatic rings. The van der Waals surface area contributed by atoms with Gasteiger partial charge in [-0.15, -0.1) is 0 Å². The third-order valence-corrected chi connectivity index (χ3v) is 4.47. The Morgan fingerprint density at radius 2 is 1.90 bits per heavy atom. The van der Waals surface area contributed by atoms with Gasteiger partial charge in [0.25, 0.3) is 0 Å². The smallest absolute Gasteiger partial charge is 0.239 e. The molecule has 20 heavy (non-hydrogen) atoms. The Morgan fingerprint density at radius 1 is 1.25 bits per heavy atom. The summed E-state index contributed by atoms with van der Waals surface area (Å²) in [5, 5.41) is 3.57. The molecule has 0 saturated heterocycles. The van der Waals surface area contributed by atoms with Gasteiger partial charge in [-0.1, -0.05) is 20.8 Å². The molecule has 0 amide bonds. The normalized spacial score (nSPS) is 15.2. The molecule has 3 N–H and O–H groups in total. The highest BCUT2D eigenvalue weighted by Crippen LogP contribution is 2.31. The van der Waals surface area contributed by atoms with Crippen LogP contribution in [0.3, 0.4) is 0 Å². The molecule has 1 fully saturated rings. The molecule has 0 bridgehead atoms. The Kier molecular flexibility index (Phi) is 4.73. The Bertz CT molecular complexity index is 431. The zero-order valence-corrected chi connectivity index (χ0v) is 12.9. The van der Waals surface area contributed by atoms with Crippen LogP contribution in [0.2, 0.25) is 0 Å². The van der Waals surface area contributed by atoms with Crippen LogP contribution in [0.15, 0.2) is 12.1 Å². The lowest BCUT2D eigenvalue weighted by Crippen LogP contribution is -2.36. The van der Waals surface area contributed by atoms with Crippen molar-refractivity contribution in [3.05, 3.63) is 12.1 Å². The Labute approximate surface area is 122 Å². The van der Waals surface area contributed by atoms with Gasteiger partial charge < -0.3 is 15.8 Å². The molecule has 0 aliphatic heterocycles. The fourth-order valence-electron chi connectivity index (χ4n) is 2.40. The van der Waals surface area contributed by atoms with Crippen molar-refractivity contribution < 1.29 is 4.74 Å². The van der Waals surface area contributed by atoms with E-state index in [9.17, 15) is 0 Å². The predicted octanol–water partition coefficient (Wildman–Crippen LogP) is 3.83. The number of pyridine rings is 1. The van der Waals surface area contributed by atoms with Gasteiger partial charge in [0.05, 0.1) is 12.3 Å². The highest BCUT2D eigenvalue weighted by Gasteiger charge is 2.25. The van der Waals surface area contributed by atoms with Gasteiger partial charge in [-0.05, 0) is 50.2 Å². The zero-order chi connectivity index (χ0) is 14.6. The quantitative estimate of drug-likeness (QED) is 0.758. The minimum absolute atomic E-state index is 0.108. The number of ether oxygens (including phenoxy) is 1. The zero-order valence-electron chi connectivity index (χ0n) is 12.9. The van der Waals surface area contributed by atoms with Gasteiger partial charge in [0, 0.05) is 5.54 Å². The summed E-state index contributed by atoms with van der Waals surface area (Å²) in [7, 11) is 0. The van der Waals surface area contributed by atoms with Gasteiger partial charge in [0.2, 0.25) is 5.88 Å². The third-order valence-electron chi connectivity index (χ3n) is 4.47. The number of nitrogens with zero attached hydrogens (tertiary/aromatic N) is 1. The summed E-state index contributed by atoms with van der Waals surface area (Å²) in [4.78, 5) is 4.54. The maximum absolute atomic E-state index is 5.94. The van der Waals surface area contributed by atoms with E-state index in [4.69, 9.17) is 10.5 Å². The first kappa shape index (κ1) is 14.9. The average molecular weight is 277 g/mol. The Hall–Kier alpha value is -1.45. The maximum Gasteiger partial charge on any atom is 0.239 e. The highest BCUT2D eigenvalue weighted by atomic mass is 16.5. The number of nitrogen functional groups attached to an aromatic ring is 1. The molecular formula is C16H27N3O. The van der Waals surface area contributed by atoms with E-state index >= 15 is 0 Å². The molecule has 0 spiro atoms. The number of aromatic nitrogens is 1. The predicted molar refractivity (Wildman–Crippen MR) is 84.1 cm³/mol. The molecule has 4 heteroatoms. The standard InChI is InChI=1S/C16H27N3O/c1-4-16(5-2,6-3)19-14-10-9-13(17)15(18-14)20-11-12-7-8-12/h9-10,12H,4-8,11,17H2,1-3H3,(H,18,19). The molecule has 1 aromatic heterocycles. The van der Waals surface area contributed by atoms with E-state index in [1.54, 1.807) is 0 Å². The molecule has 0 radical (unpaired) electrons. The molecule has 1 aliphatic carbocycles. The number of hydrogen-bond donors (Lipinski definition) is 2.